The van der Waals surface area contributed by atoms with Gasteiger partial charge in [-0.2, -0.15) is 0 Å². The fourth-order valence-electron chi connectivity index (χ4n) is 2.16. The molecule has 2 aromatic carbocycles. The molecule has 2 amide bonds. The molecule has 0 radical (unpaired) electrons. The Kier molecular flexibility index (Phi) is 5.19. The fraction of sp³-hybridized carbons (Fsp3) is 0.0588. The van der Waals surface area contributed by atoms with E-state index in [1.165, 1.54) is 41.8 Å². The molecule has 0 saturated heterocycles. The van der Waals surface area contributed by atoms with Crippen LogP contribution in [-0.4, -0.2) is 19.4 Å². The Morgan fingerprint density at radius 3 is 2.42 bits per heavy atom. The van der Waals surface area contributed by atoms with Gasteiger partial charge in [0.15, 0.2) is 5.13 Å². The maximum absolute atomic E-state index is 12.3. The first kappa shape index (κ1) is 17.9. The maximum Gasteiger partial charge on any atom is 0.323 e. The van der Waals surface area contributed by atoms with Crippen molar-refractivity contribution in [3.8, 4) is 0 Å². The Balaban J connectivity index is 1.66. The van der Waals surface area contributed by atoms with Crippen molar-refractivity contribution < 1.29 is 13.2 Å². The Morgan fingerprint density at radius 1 is 1.04 bits per heavy atom. The number of para-hydroxylation sites is 1. The van der Waals surface area contributed by atoms with Crippen LogP contribution in [0.3, 0.4) is 0 Å². The van der Waals surface area contributed by atoms with E-state index in [1.807, 2.05) is 25.1 Å². The minimum absolute atomic E-state index is 0.0811. The number of amides is 2. The summed E-state index contributed by atoms with van der Waals surface area (Å²) in [7, 11) is -3.71. The third-order valence-corrected chi connectivity index (χ3v) is 5.64. The molecule has 9 heteroatoms. The number of carbonyl (C=O) groups is 1. The van der Waals surface area contributed by atoms with Crippen molar-refractivity contribution in [3.05, 3.63) is 65.7 Å². The fourth-order valence-corrected chi connectivity index (χ4v) is 3.95. The van der Waals surface area contributed by atoms with Gasteiger partial charge in [0.25, 0.3) is 10.0 Å². The lowest BCUT2D eigenvalue weighted by molar-refractivity contribution is 0.262. The highest BCUT2D eigenvalue weighted by atomic mass is 32.2. The molecule has 0 aliphatic heterocycles. The van der Waals surface area contributed by atoms with Gasteiger partial charge in [0.1, 0.15) is 0 Å². The van der Waals surface area contributed by atoms with Crippen molar-refractivity contribution in [1.29, 1.82) is 0 Å². The molecule has 0 unspecified atom stereocenters. The van der Waals surface area contributed by atoms with Crippen LogP contribution in [0.5, 0.6) is 0 Å². The number of anilines is 3. The van der Waals surface area contributed by atoms with Gasteiger partial charge in [0.2, 0.25) is 0 Å². The molecule has 0 fully saturated rings. The van der Waals surface area contributed by atoms with Crippen LogP contribution in [0.2, 0.25) is 0 Å². The number of carbonyl (C=O) groups excluding carboxylic acids is 1. The summed E-state index contributed by atoms with van der Waals surface area (Å²) in [6.45, 7) is 1.89. The SMILES string of the molecule is Cc1ccccc1NC(=O)Nc1ccc(S(=O)(=O)Nc2nccs2)cc1. The zero-order chi connectivity index (χ0) is 18.6. The highest BCUT2D eigenvalue weighted by Crippen LogP contribution is 2.20. The van der Waals surface area contributed by atoms with Gasteiger partial charge in [0.05, 0.1) is 4.90 Å². The Labute approximate surface area is 155 Å². The van der Waals surface area contributed by atoms with Crippen LogP contribution in [0.25, 0.3) is 0 Å². The van der Waals surface area contributed by atoms with E-state index in [9.17, 15) is 13.2 Å². The Bertz CT molecular complexity index is 1000. The van der Waals surface area contributed by atoms with Crippen molar-refractivity contribution >= 4 is 43.9 Å². The van der Waals surface area contributed by atoms with E-state index < -0.39 is 16.1 Å². The Morgan fingerprint density at radius 2 is 1.77 bits per heavy atom. The quantitative estimate of drug-likeness (QED) is 0.617. The molecular formula is C17H16N4O3S2. The van der Waals surface area contributed by atoms with Gasteiger partial charge in [-0.25, -0.2) is 18.2 Å². The van der Waals surface area contributed by atoms with E-state index in [4.69, 9.17) is 0 Å². The number of sulfonamides is 1. The number of hydrogen-bond donors (Lipinski definition) is 3. The van der Waals surface area contributed by atoms with Gasteiger partial charge in [-0.05, 0) is 42.8 Å². The van der Waals surface area contributed by atoms with E-state index in [2.05, 4.69) is 20.3 Å². The summed E-state index contributed by atoms with van der Waals surface area (Å²) in [6.07, 6.45) is 1.52. The minimum atomic E-state index is -3.71. The largest absolute Gasteiger partial charge is 0.323 e. The molecule has 0 spiro atoms. The lowest BCUT2D eigenvalue weighted by Gasteiger charge is -2.10. The summed E-state index contributed by atoms with van der Waals surface area (Å²) in [5, 5.41) is 7.39. The van der Waals surface area contributed by atoms with E-state index in [-0.39, 0.29) is 4.90 Å². The number of benzene rings is 2. The summed E-state index contributed by atoms with van der Waals surface area (Å²) < 4.78 is 26.9. The molecule has 0 bridgehead atoms. The standard InChI is InChI=1S/C17H16N4O3S2/c1-12-4-2-3-5-15(12)20-16(22)19-13-6-8-14(9-7-13)26(23,24)21-17-18-10-11-25-17/h2-11H,1H3,(H,18,21)(H2,19,20,22). The number of thiazole rings is 1. The van der Waals surface area contributed by atoms with Crippen molar-refractivity contribution in [1.82, 2.24) is 4.98 Å². The third kappa shape index (κ3) is 4.38. The highest BCUT2D eigenvalue weighted by Gasteiger charge is 2.15. The summed E-state index contributed by atoms with van der Waals surface area (Å²) >= 11 is 1.19. The lowest BCUT2D eigenvalue weighted by Crippen LogP contribution is -2.20. The predicted octanol–water partition coefficient (Wildman–Crippen LogP) is 3.90. The number of aryl methyl sites for hydroxylation is 1. The van der Waals surface area contributed by atoms with Gasteiger partial charge in [0, 0.05) is 23.0 Å². The zero-order valence-corrected chi connectivity index (χ0v) is 15.4. The van der Waals surface area contributed by atoms with Gasteiger partial charge >= 0.3 is 6.03 Å². The molecule has 3 rings (SSSR count). The Hall–Kier alpha value is -2.91. The van der Waals surface area contributed by atoms with Crippen LogP contribution >= 0.6 is 11.3 Å². The van der Waals surface area contributed by atoms with Crippen LogP contribution in [0.1, 0.15) is 5.56 Å². The van der Waals surface area contributed by atoms with Gasteiger partial charge in [-0.15, -0.1) is 11.3 Å². The van der Waals surface area contributed by atoms with Crippen LogP contribution in [-0.2, 0) is 10.0 Å². The second kappa shape index (κ2) is 7.54. The number of nitrogens with zero attached hydrogens (tertiary/aromatic N) is 1. The number of hydrogen-bond acceptors (Lipinski definition) is 5. The smallest absolute Gasteiger partial charge is 0.308 e. The first-order chi connectivity index (χ1) is 12.4. The highest BCUT2D eigenvalue weighted by molar-refractivity contribution is 7.93. The lowest BCUT2D eigenvalue weighted by atomic mass is 10.2. The molecular weight excluding hydrogens is 372 g/mol. The number of nitrogens with one attached hydrogen (secondary N) is 3. The molecule has 1 heterocycles. The van der Waals surface area contributed by atoms with Gasteiger partial charge in [-0.3, -0.25) is 4.72 Å². The average Bonchev–Trinajstić information content (AvgIpc) is 3.10. The number of rotatable bonds is 5. The van der Waals surface area contributed by atoms with Crippen molar-refractivity contribution in [2.24, 2.45) is 0 Å². The summed E-state index contributed by atoms with van der Waals surface area (Å²) in [5.41, 5.74) is 2.12. The summed E-state index contributed by atoms with van der Waals surface area (Å²) in [6, 6.07) is 12.9. The second-order valence-electron chi connectivity index (χ2n) is 5.36. The van der Waals surface area contributed by atoms with Crippen LogP contribution < -0.4 is 15.4 Å². The number of aromatic nitrogens is 1. The normalized spacial score (nSPS) is 11.0. The molecule has 3 aromatic rings. The molecule has 0 aliphatic carbocycles. The monoisotopic (exact) mass is 388 g/mol. The molecule has 0 aliphatic rings. The summed E-state index contributed by atoms with van der Waals surface area (Å²) in [4.78, 5) is 16.0. The van der Waals surface area contributed by atoms with E-state index in [0.29, 0.717) is 16.5 Å². The van der Waals surface area contributed by atoms with Gasteiger partial charge < -0.3 is 10.6 Å². The van der Waals surface area contributed by atoms with E-state index in [0.717, 1.165) is 5.56 Å². The molecule has 0 saturated carbocycles. The first-order valence-corrected chi connectivity index (χ1v) is 9.96. The molecule has 26 heavy (non-hydrogen) atoms. The first-order valence-electron chi connectivity index (χ1n) is 7.60. The van der Waals surface area contributed by atoms with Crippen LogP contribution in [0.4, 0.5) is 21.3 Å². The third-order valence-electron chi connectivity index (χ3n) is 3.47. The minimum Gasteiger partial charge on any atom is -0.308 e. The molecule has 0 atom stereocenters. The van der Waals surface area contributed by atoms with Gasteiger partial charge in [-0.1, -0.05) is 18.2 Å². The topological polar surface area (TPSA) is 100 Å². The average molecular weight is 388 g/mol. The predicted molar refractivity (Wildman–Crippen MR) is 103 cm³/mol. The van der Waals surface area contributed by atoms with E-state index >= 15 is 0 Å². The second-order valence-corrected chi connectivity index (χ2v) is 7.94. The molecule has 1 aromatic heterocycles. The van der Waals surface area contributed by atoms with Crippen molar-refractivity contribution in [2.75, 3.05) is 15.4 Å². The molecule has 134 valence electrons. The van der Waals surface area contributed by atoms with Crippen LogP contribution in [0.15, 0.2) is 65.0 Å². The van der Waals surface area contributed by atoms with Crippen molar-refractivity contribution in [2.45, 2.75) is 11.8 Å². The maximum atomic E-state index is 12.3. The van der Waals surface area contributed by atoms with E-state index in [1.54, 1.807) is 11.4 Å². The van der Waals surface area contributed by atoms with Crippen molar-refractivity contribution in [3.63, 3.8) is 0 Å². The molecule has 7 nitrogen and oxygen atoms in total. The number of urea groups is 1. The zero-order valence-electron chi connectivity index (χ0n) is 13.8. The molecule has 3 N–H and O–H groups in total. The van der Waals surface area contributed by atoms with Crippen LogP contribution in [0, 0.1) is 6.92 Å². The summed E-state index contributed by atoms with van der Waals surface area (Å²) in [5.74, 6) is 0.